The quantitative estimate of drug-likeness (QED) is 0.832. The van der Waals surface area contributed by atoms with Crippen LogP contribution in [-0.2, 0) is 14.3 Å². The predicted molar refractivity (Wildman–Crippen MR) is 60.2 cm³/mol. The fraction of sp³-hybridized carbons (Fsp3) is 0.273. The predicted octanol–water partition coefficient (Wildman–Crippen LogP) is 1.62. The van der Waals surface area contributed by atoms with E-state index < -0.39 is 37.2 Å². The Morgan fingerprint density at radius 1 is 1.25 bits per heavy atom. The minimum absolute atomic E-state index is 0.0654. The summed E-state index contributed by atoms with van der Waals surface area (Å²) in [6, 6.07) is 4.65. The molecule has 20 heavy (non-hydrogen) atoms. The second-order valence-electron chi connectivity index (χ2n) is 3.51. The number of hydrogen-bond acceptors (Lipinski definition) is 4. The fourth-order valence-electron chi connectivity index (χ4n) is 1.20. The van der Waals surface area contributed by atoms with Gasteiger partial charge in [-0.15, -0.1) is 13.2 Å². The van der Waals surface area contributed by atoms with Crippen LogP contribution in [0.5, 0.6) is 5.75 Å². The molecule has 1 rings (SSSR count). The van der Waals surface area contributed by atoms with Crippen LogP contribution in [0.1, 0.15) is 0 Å². The molecular weight excluding hydrogens is 283 g/mol. The molecule has 0 aliphatic carbocycles. The van der Waals surface area contributed by atoms with E-state index in [1.165, 1.54) is 12.1 Å². The van der Waals surface area contributed by atoms with E-state index in [4.69, 9.17) is 5.11 Å². The largest absolute Gasteiger partial charge is 0.573 e. The van der Waals surface area contributed by atoms with E-state index in [-0.39, 0.29) is 5.69 Å². The van der Waals surface area contributed by atoms with Gasteiger partial charge in [0.15, 0.2) is 0 Å². The van der Waals surface area contributed by atoms with Crippen molar-refractivity contribution in [2.24, 2.45) is 0 Å². The molecule has 0 aromatic heterocycles. The molecule has 0 fully saturated rings. The molecule has 9 heteroatoms. The van der Waals surface area contributed by atoms with Gasteiger partial charge >= 0.3 is 12.3 Å². The van der Waals surface area contributed by atoms with Gasteiger partial charge in [-0.2, -0.15) is 0 Å². The number of carboxylic acids is 1. The van der Waals surface area contributed by atoms with Gasteiger partial charge in [-0.3, -0.25) is 4.79 Å². The molecule has 0 atom stereocenters. The van der Waals surface area contributed by atoms with Crippen molar-refractivity contribution in [3.05, 3.63) is 24.3 Å². The summed E-state index contributed by atoms with van der Waals surface area (Å²) in [4.78, 5) is 21.4. The molecule has 0 radical (unpaired) electrons. The third-order valence-electron chi connectivity index (χ3n) is 1.81. The lowest BCUT2D eigenvalue weighted by Crippen LogP contribution is -2.21. The molecule has 0 bridgehead atoms. The molecule has 0 saturated heterocycles. The van der Waals surface area contributed by atoms with Gasteiger partial charge in [0, 0.05) is 11.8 Å². The van der Waals surface area contributed by atoms with E-state index >= 15 is 0 Å². The molecule has 0 unspecified atom stereocenters. The van der Waals surface area contributed by atoms with E-state index in [9.17, 15) is 22.8 Å². The number of benzene rings is 1. The Balaban J connectivity index is 2.53. The lowest BCUT2D eigenvalue weighted by atomic mass is 10.3. The molecule has 0 heterocycles. The van der Waals surface area contributed by atoms with Gasteiger partial charge in [0.1, 0.15) is 19.0 Å². The highest BCUT2D eigenvalue weighted by atomic mass is 19.4. The molecule has 0 aliphatic rings. The van der Waals surface area contributed by atoms with E-state index in [1.54, 1.807) is 0 Å². The Hall–Kier alpha value is -2.29. The minimum atomic E-state index is -4.83. The summed E-state index contributed by atoms with van der Waals surface area (Å²) >= 11 is 0. The number of carboxylic acid groups (broad SMARTS) is 1. The average Bonchev–Trinajstić information content (AvgIpc) is 2.26. The Bertz CT molecular complexity index is 489. The van der Waals surface area contributed by atoms with Crippen molar-refractivity contribution < 1.29 is 37.3 Å². The first-order valence-electron chi connectivity index (χ1n) is 5.21. The third-order valence-corrected chi connectivity index (χ3v) is 1.81. The first kappa shape index (κ1) is 15.8. The highest BCUT2D eigenvalue weighted by Gasteiger charge is 2.31. The zero-order valence-corrected chi connectivity index (χ0v) is 9.94. The highest BCUT2D eigenvalue weighted by Crippen LogP contribution is 2.24. The normalized spacial score (nSPS) is 10.9. The first-order valence-corrected chi connectivity index (χ1v) is 5.21. The van der Waals surface area contributed by atoms with Crippen molar-refractivity contribution in [1.29, 1.82) is 0 Å². The van der Waals surface area contributed by atoms with Crippen LogP contribution < -0.4 is 10.1 Å². The molecule has 0 spiro atoms. The molecule has 0 saturated carbocycles. The number of amides is 1. The number of aliphatic carboxylic acids is 1. The molecule has 2 N–H and O–H groups in total. The SMILES string of the molecule is O=C(O)COCC(=O)Nc1cccc(OC(F)(F)F)c1. The number of carbonyl (C=O) groups excluding carboxylic acids is 1. The van der Waals surface area contributed by atoms with Gasteiger partial charge < -0.3 is 19.9 Å². The maximum absolute atomic E-state index is 12.0. The smallest absolute Gasteiger partial charge is 0.480 e. The van der Waals surface area contributed by atoms with Gasteiger partial charge in [-0.05, 0) is 12.1 Å². The van der Waals surface area contributed by atoms with Gasteiger partial charge in [-0.1, -0.05) is 6.07 Å². The standard InChI is InChI=1S/C11H10F3NO5/c12-11(13,14)20-8-3-1-2-7(4-8)15-9(16)5-19-6-10(17)18/h1-4H,5-6H2,(H,15,16)(H,17,18). The van der Waals surface area contributed by atoms with E-state index in [0.29, 0.717) is 0 Å². The Morgan fingerprint density at radius 3 is 2.55 bits per heavy atom. The lowest BCUT2D eigenvalue weighted by molar-refractivity contribution is -0.274. The number of alkyl halides is 3. The number of hydrogen-bond donors (Lipinski definition) is 2. The highest BCUT2D eigenvalue weighted by molar-refractivity contribution is 5.92. The monoisotopic (exact) mass is 293 g/mol. The Kier molecular flexibility index (Phi) is 5.32. The number of ether oxygens (including phenoxy) is 2. The zero-order chi connectivity index (χ0) is 15.2. The topological polar surface area (TPSA) is 84.9 Å². The third kappa shape index (κ3) is 6.59. The van der Waals surface area contributed by atoms with Gasteiger partial charge in [0.25, 0.3) is 0 Å². The van der Waals surface area contributed by atoms with Crippen molar-refractivity contribution in [2.45, 2.75) is 6.36 Å². The summed E-state index contributed by atoms with van der Waals surface area (Å²) in [6.45, 7) is -1.18. The Labute approximate surface area is 111 Å². The van der Waals surface area contributed by atoms with Crippen LogP contribution >= 0.6 is 0 Å². The number of halogens is 3. The van der Waals surface area contributed by atoms with Crippen molar-refractivity contribution in [1.82, 2.24) is 0 Å². The van der Waals surface area contributed by atoms with Crippen LogP contribution in [0.3, 0.4) is 0 Å². The molecule has 1 aromatic carbocycles. The van der Waals surface area contributed by atoms with Crippen molar-refractivity contribution >= 4 is 17.6 Å². The summed E-state index contributed by atoms with van der Waals surface area (Å²) in [5.74, 6) is -2.42. The van der Waals surface area contributed by atoms with Gasteiger partial charge in [0.05, 0.1) is 0 Å². The number of carbonyl (C=O) groups is 2. The molecule has 110 valence electrons. The van der Waals surface area contributed by atoms with Crippen molar-refractivity contribution in [3.63, 3.8) is 0 Å². The Morgan fingerprint density at radius 2 is 1.95 bits per heavy atom. The second-order valence-corrected chi connectivity index (χ2v) is 3.51. The van der Waals surface area contributed by atoms with Gasteiger partial charge in [-0.25, -0.2) is 4.79 Å². The van der Waals surface area contributed by atoms with Crippen molar-refractivity contribution in [2.75, 3.05) is 18.5 Å². The van der Waals surface area contributed by atoms with E-state index in [2.05, 4.69) is 14.8 Å². The van der Waals surface area contributed by atoms with Crippen LogP contribution in [0.25, 0.3) is 0 Å². The zero-order valence-electron chi connectivity index (χ0n) is 9.94. The van der Waals surface area contributed by atoms with Crippen LogP contribution in [0.15, 0.2) is 24.3 Å². The summed E-state index contributed by atoms with van der Waals surface area (Å²) in [6.07, 6.45) is -4.83. The van der Waals surface area contributed by atoms with Crippen LogP contribution in [0.4, 0.5) is 18.9 Å². The van der Waals surface area contributed by atoms with Crippen LogP contribution in [0, 0.1) is 0 Å². The molecular formula is C11H10F3NO5. The molecule has 6 nitrogen and oxygen atoms in total. The number of rotatable bonds is 6. The van der Waals surface area contributed by atoms with E-state index in [0.717, 1.165) is 12.1 Å². The molecule has 0 aliphatic heterocycles. The van der Waals surface area contributed by atoms with Crippen molar-refractivity contribution in [3.8, 4) is 5.75 Å². The summed E-state index contributed by atoms with van der Waals surface area (Å²) in [5.41, 5.74) is 0.0654. The maximum Gasteiger partial charge on any atom is 0.573 e. The number of anilines is 1. The van der Waals surface area contributed by atoms with Gasteiger partial charge in [0.2, 0.25) is 5.91 Å². The average molecular weight is 293 g/mol. The van der Waals surface area contributed by atoms with Crippen LogP contribution in [-0.4, -0.2) is 36.6 Å². The fourth-order valence-corrected chi connectivity index (χ4v) is 1.20. The molecule has 1 aromatic rings. The first-order chi connectivity index (χ1) is 9.26. The summed E-state index contributed by atoms with van der Waals surface area (Å²) in [5, 5.41) is 10.5. The number of nitrogens with one attached hydrogen (secondary N) is 1. The lowest BCUT2D eigenvalue weighted by Gasteiger charge is -2.10. The van der Waals surface area contributed by atoms with Crippen LogP contribution in [0.2, 0.25) is 0 Å². The second kappa shape index (κ2) is 6.75. The molecule has 1 amide bonds. The maximum atomic E-state index is 12.0. The summed E-state index contributed by atoms with van der Waals surface area (Å²) < 4.78 is 44.2. The van der Waals surface area contributed by atoms with E-state index in [1.807, 2.05) is 0 Å². The minimum Gasteiger partial charge on any atom is -0.480 e. The summed E-state index contributed by atoms with van der Waals surface area (Å²) in [7, 11) is 0.